The van der Waals surface area contributed by atoms with E-state index in [0.717, 1.165) is 12.8 Å². The van der Waals surface area contributed by atoms with E-state index in [1.165, 1.54) is 6.42 Å². The summed E-state index contributed by atoms with van der Waals surface area (Å²) in [5.74, 6) is 0. The van der Waals surface area contributed by atoms with E-state index in [1.807, 2.05) is 0 Å². The molecule has 1 fully saturated rings. The summed E-state index contributed by atoms with van der Waals surface area (Å²) >= 11 is 0. The summed E-state index contributed by atoms with van der Waals surface area (Å²) in [6.45, 7) is 8.26. The van der Waals surface area contributed by atoms with E-state index in [1.54, 1.807) is 0 Å². The first kappa shape index (κ1) is 16.8. The molecule has 0 unspecified atom stereocenters. The summed E-state index contributed by atoms with van der Waals surface area (Å²) in [5, 5.41) is 12.2. The van der Waals surface area contributed by atoms with Gasteiger partial charge in [0.2, 0.25) is 0 Å². The standard InChI is InChI=1S/C9H19NO.BrH.Na/c1-8(2)6-5-7-9(3,4)10(8)11;;/h10H,5-7H2,1-4H3;1H;/q;;+1/p-1. The van der Waals surface area contributed by atoms with Crippen molar-refractivity contribution >= 4 is 0 Å². The average molecular weight is 260 g/mol. The van der Waals surface area contributed by atoms with Gasteiger partial charge >= 0.3 is 29.6 Å². The summed E-state index contributed by atoms with van der Waals surface area (Å²) in [4.78, 5) is 0. The Balaban J connectivity index is 0. The summed E-state index contributed by atoms with van der Waals surface area (Å²) in [6.07, 6.45) is 3.33. The fraction of sp³-hybridized carbons (Fsp3) is 1.00. The summed E-state index contributed by atoms with van der Waals surface area (Å²) in [5.41, 5.74) is -0.135. The van der Waals surface area contributed by atoms with E-state index in [2.05, 4.69) is 27.7 Å². The molecule has 1 aliphatic heterocycles. The van der Waals surface area contributed by atoms with Crippen LogP contribution < -0.4 is 51.6 Å². The van der Waals surface area contributed by atoms with Crippen LogP contribution in [0.4, 0.5) is 0 Å². The third-order valence-corrected chi connectivity index (χ3v) is 2.83. The molecule has 0 saturated carbocycles. The summed E-state index contributed by atoms with van der Waals surface area (Å²) < 4.78 is 0. The molecule has 0 amide bonds. The van der Waals surface area contributed by atoms with Crippen LogP contribution in [-0.2, 0) is 0 Å². The zero-order valence-electron chi connectivity index (χ0n) is 9.41. The molecule has 0 aromatic carbocycles. The maximum Gasteiger partial charge on any atom is 1.00 e. The predicted octanol–water partition coefficient (Wildman–Crippen LogP) is -4.88. The Labute approximate surface area is 114 Å². The fourth-order valence-corrected chi connectivity index (χ4v) is 2.12. The normalized spacial score (nSPS) is 25.6. The molecule has 13 heavy (non-hydrogen) atoms. The first-order valence-electron chi connectivity index (χ1n) is 4.41. The van der Waals surface area contributed by atoms with Crippen molar-refractivity contribution in [3.63, 3.8) is 0 Å². The zero-order chi connectivity index (χ0) is 8.70. The van der Waals surface area contributed by atoms with Crippen LogP contribution >= 0.6 is 0 Å². The monoisotopic (exact) mass is 259 g/mol. The number of rotatable bonds is 0. The number of hydrogen-bond donors (Lipinski definition) is 1. The van der Waals surface area contributed by atoms with Crippen molar-refractivity contribution in [3.05, 3.63) is 5.21 Å². The van der Waals surface area contributed by atoms with Gasteiger partial charge in [-0.2, -0.15) is 0 Å². The van der Waals surface area contributed by atoms with Crippen LogP contribution in [0.25, 0.3) is 0 Å². The molecule has 0 aliphatic carbocycles. The van der Waals surface area contributed by atoms with Gasteiger partial charge in [0.1, 0.15) is 0 Å². The third-order valence-electron chi connectivity index (χ3n) is 2.83. The number of nitrogens with one attached hydrogen (secondary N) is 1. The van der Waals surface area contributed by atoms with Crippen LogP contribution in [0.1, 0.15) is 47.0 Å². The number of quaternary nitrogens is 1. The molecule has 1 rings (SSSR count). The molecule has 1 aliphatic rings. The largest absolute Gasteiger partial charge is 1.00 e. The van der Waals surface area contributed by atoms with Gasteiger partial charge in [-0.25, -0.2) is 0 Å². The van der Waals surface area contributed by atoms with Gasteiger partial charge in [0.05, 0.1) is 11.1 Å². The van der Waals surface area contributed by atoms with Gasteiger partial charge in [0, 0.05) is 12.8 Å². The molecule has 0 spiro atoms. The smallest absolute Gasteiger partial charge is 1.00 e. The maximum atomic E-state index is 11.8. The fourth-order valence-electron chi connectivity index (χ4n) is 2.12. The molecular weight excluding hydrogens is 241 g/mol. The van der Waals surface area contributed by atoms with Crippen molar-refractivity contribution in [1.29, 1.82) is 0 Å². The molecule has 0 bridgehead atoms. The summed E-state index contributed by atoms with van der Waals surface area (Å²) in [6, 6.07) is 0. The van der Waals surface area contributed by atoms with Gasteiger partial charge < -0.3 is 27.3 Å². The number of halogens is 1. The van der Waals surface area contributed by atoms with Crippen LogP contribution in [-0.4, -0.2) is 11.1 Å². The van der Waals surface area contributed by atoms with Gasteiger partial charge in [-0.1, -0.05) is 0 Å². The van der Waals surface area contributed by atoms with Crippen molar-refractivity contribution in [2.45, 2.75) is 58.0 Å². The van der Waals surface area contributed by atoms with E-state index in [4.69, 9.17) is 0 Å². The third kappa shape index (κ3) is 3.80. The molecule has 0 aromatic heterocycles. The maximum absolute atomic E-state index is 11.8. The Morgan fingerprint density at radius 2 is 1.31 bits per heavy atom. The minimum absolute atomic E-state index is 0. The molecule has 1 N–H and O–H groups in total. The van der Waals surface area contributed by atoms with Gasteiger partial charge in [-0.3, -0.25) is 0 Å². The number of hydroxylamine groups is 2. The minimum Gasteiger partial charge on any atom is -1.00 e. The molecule has 74 valence electrons. The van der Waals surface area contributed by atoms with Crippen molar-refractivity contribution < 1.29 is 51.6 Å². The van der Waals surface area contributed by atoms with Gasteiger partial charge in [0.15, 0.2) is 0 Å². The molecular formula is C9H19BrNNaO. The van der Waals surface area contributed by atoms with Crippen LogP contribution in [0, 0.1) is 5.21 Å². The topological polar surface area (TPSA) is 27.5 Å². The second kappa shape index (κ2) is 5.47. The van der Waals surface area contributed by atoms with E-state index >= 15 is 0 Å². The van der Waals surface area contributed by atoms with Crippen LogP contribution in [0.5, 0.6) is 0 Å². The Morgan fingerprint density at radius 1 is 1.00 bits per heavy atom. The Hall–Kier alpha value is 1.40. The first-order chi connectivity index (χ1) is 4.86. The van der Waals surface area contributed by atoms with E-state index in [-0.39, 0.29) is 57.6 Å². The average Bonchev–Trinajstić information content (AvgIpc) is 1.82. The summed E-state index contributed by atoms with van der Waals surface area (Å²) in [7, 11) is 0. The van der Waals surface area contributed by atoms with Crippen molar-refractivity contribution in [3.8, 4) is 0 Å². The van der Waals surface area contributed by atoms with E-state index in [9.17, 15) is 5.21 Å². The van der Waals surface area contributed by atoms with E-state index in [0.29, 0.717) is 5.06 Å². The molecule has 4 heteroatoms. The quantitative estimate of drug-likeness (QED) is 0.343. The number of hydrogen-bond acceptors (Lipinski definition) is 1. The van der Waals surface area contributed by atoms with Gasteiger partial charge in [0.25, 0.3) is 0 Å². The van der Waals surface area contributed by atoms with E-state index < -0.39 is 0 Å². The van der Waals surface area contributed by atoms with Crippen molar-refractivity contribution in [1.82, 2.24) is 0 Å². The Morgan fingerprint density at radius 3 is 1.54 bits per heavy atom. The Bertz CT molecular complexity index is 146. The molecule has 1 saturated heterocycles. The second-order valence-corrected chi connectivity index (χ2v) is 4.95. The SMILES string of the molecule is CC1(C)CCCC(C)(C)[NH+]1[O-].[Br-].[Na+]. The molecule has 2 nitrogen and oxygen atoms in total. The predicted molar refractivity (Wildman–Crippen MR) is 46.3 cm³/mol. The van der Waals surface area contributed by atoms with Crippen LogP contribution in [0.3, 0.4) is 0 Å². The molecule has 0 aromatic rings. The first-order valence-corrected chi connectivity index (χ1v) is 4.41. The Kier molecular flexibility index (Phi) is 7.08. The molecule has 0 radical (unpaired) electrons. The minimum atomic E-state index is -0.0677. The number of piperidine rings is 1. The zero-order valence-corrected chi connectivity index (χ0v) is 13.0. The molecule has 0 atom stereocenters. The van der Waals surface area contributed by atoms with Crippen LogP contribution in [0.15, 0.2) is 0 Å². The van der Waals surface area contributed by atoms with Crippen molar-refractivity contribution in [2.24, 2.45) is 0 Å². The van der Waals surface area contributed by atoms with Gasteiger partial charge in [-0.15, -0.1) is 0 Å². The molecule has 1 heterocycles. The van der Waals surface area contributed by atoms with Crippen LogP contribution in [0.2, 0.25) is 0 Å². The second-order valence-electron chi connectivity index (χ2n) is 4.95. The van der Waals surface area contributed by atoms with Crippen molar-refractivity contribution in [2.75, 3.05) is 0 Å². The van der Waals surface area contributed by atoms with Gasteiger partial charge in [-0.05, 0) is 34.1 Å².